The second-order valence-electron chi connectivity index (χ2n) is 6.95. The Bertz CT molecular complexity index is 1200. The summed E-state index contributed by atoms with van der Waals surface area (Å²) in [7, 11) is 0. The van der Waals surface area contributed by atoms with Crippen LogP contribution in [0.3, 0.4) is 0 Å². The lowest BCUT2D eigenvalue weighted by Gasteiger charge is -2.12. The summed E-state index contributed by atoms with van der Waals surface area (Å²) in [5.74, 6) is 0.346. The van der Waals surface area contributed by atoms with Gasteiger partial charge in [-0.1, -0.05) is 41.4 Å². The van der Waals surface area contributed by atoms with Crippen LogP contribution in [0.15, 0.2) is 60.7 Å². The van der Waals surface area contributed by atoms with E-state index < -0.39 is 0 Å². The fourth-order valence-corrected chi connectivity index (χ4v) is 4.55. The molecule has 1 amide bonds. The molecule has 4 rings (SSSR count). The van der Waals surface area contributed by atoms with Crippen LogP contribution in [-0.2, 0) is 0 Å². The number of nitrogens with one attached hydrogen (secondary N) is 1. The summed E-state index contributed by atoms with van der Waals surface area (Å²) in [4.78, 5) is 17.5. The van der Waals surface area contributed by atoms with E-state index in [9.17, 15) is 4.79 Å². The molecule has 0 spiro atoms. The number of thiazole rings is 1. The molecule has 0 fully saturated rings. The van der Waals surface area contributed by atoms with Crippen LogP contribution in [0.25, 0.3) is 20.8 Å². The number of carbonyl (C=O) groups is 1. The van der Waals surface area contributed by atoms with Gasteiger partial charge in [-0.2, -0.15) is 0 Å². The van der Waals surface area contributed by atoms with Crippen LogP contribution in [0.5, 0.6) is 5.75 Å². The van der Waals surface area contributed by atoms with Crippen LogP contribution in [0, 0.1) is 0 Å². The molecule has 4 aromatic rings. The van der Waals surface area contributed by atoms with Gasteiger partial charge >= 0.3 is 0 Å². The number of anilines is 1. The lowest BCUT2D eigenvalue weighted by Crippen LogP contribution is -2.13. The molecule has 7 heteroatoms. The first-order chi connectivity index (χ1) is 14.4. The molecule has 0 atom stereocenters. The van der Waals surface area contributed by atoms with E-state index in [1.807, 2.05) is 44.2 Å². The van der Waals surface area contributed by atoms with Crippen molar-refractivity contribution in [2.75, 3.05) is 5.32 Å². The molecule has 0 saturated carbocycles. The summed E-state index contributed by atoms with van der Waals surface area (Å²) < 4.78 is 6.73. The van der Waals surface area contributed by atoms with Crippen LogP contribution in [0.4, 0.5) is 5.69 Å². The van der Waals surface area contributed by atoms with Gasteiger partial charge in [-0.3, -0.25) is 4.79 Å². The first-order valence-electron chi connectivity index (χ1n) is 9.34. The number of aromatic nitrogens is 1. The Morgan fingerprint density at radius 1 is 1.03 bits per heavy atom. The van der Waals surface area contributed by atoms with Crippen molar-refractivity contribution >= 4 is 56.3 Å². The van der Waals surface area contributed by atoms with E-state index in [0.29, 0.717) is 27.0 Å². The Kier molecular flexibility index (Phi) is 5.95. The number of amides is 1. The summed E-state index contributed by atoms with van der Waals surface area (Å²) in [6, 6.07) is 18.3. The van der Waals surface area contributed by atoms with Gasteiger partial charge < -0.3 is 10.1 Å². The number of hydrogen-bond donors (Lipinski definition) is 1. The van der Waals surface area contributed by atoms with Gasteiger partial charge in [-0.05, 0) is 56.3 Å². The maximum Gasteiger partial charge on any atom is 0.255 e. The lowest BCUT2D eigenvalue weighted by molar-refractivity contribution is 0.102. The molecular weight excluding hydrogens is 439 g/mol. The van der Waals surface area contributed by atoms with Crippen molar-refractivity contribution in [1.82, 2.24) is 4.98 Å². The van der Waals surface area contributed by atoms with Crippen LogP contribution in [0.1, 0.15) is 24.2 Å². The Morgan fingerprint density at radius 3 is 2.60 bits per heavy atom. The van der Waals surface area contributed by atoms with E-state index in [-0.39, 0.29) is 12.0 Å². The zero-order chi connectivity index (χ0) is 21.3. The van der Waals surface area contributed by atoms with Crippen molar-refractivity contribution in [3.8, 4) is 16.3 Å². The fraction of sp³-hybridized carbons (Fsp3) is 0.130. The summed E-state index contributed by atoms with van der Waals surface area (Å²) in [6.07, 6.45) is 0.0189. The first kappa shape index (κ1) is 20.7. The van der Waals surface area contributed by atoms with Crippen LogP contribution in [-0.4, -0.2) is 17.0 Å². The highest BCUT2D eigenvalue weighted by atomic mass is 35.5. The normalized spacial score (nSPS) is 11.1. The third-order valence-corrected chi connectivity index (χ3v) is 5.99. The second kappa shape index (κ2) is 8.64. The molecule has 0 unspecified atom stereocenters. The number of benzene rings is 3. The van der Waals surface area contributed by atoms with Gasteiger partial charge in [0.2, 0.25) is 0 Å². The summed E-state index contributed by atoms with van der Waals surface area (Å²) in [6.45, 7) is 3.87. The Balaban J connectivity index is 1.65. The van der Waals surface area contributed by atoms with Gasteiger partial charge in [0.05, 0.1) is 32.1 Å². The first-order valence-corrected chi connectivity index (χ1v) is 10.9. The Labute approximate surface area is 188 Å². The number of hydrogen-bond acceptors (Lipinski definition) is 4. The van der Waals surface area contributed by atoms with E-state index in [0.717, 1.165) is 20.8 Å². The highest BCUT2D eigenvalue weighted by Gasteiger charge is 2.16. The van der Waals surface area contributed by atoms with E-state index in [1.54, 1.807) is 30.3 Å². The van der Waals surface area contributed by atoms with Crippen LogP contribution < -0.4 is 10.1 Å². The molecular formula is C23H18Cl2N2O2S. The van der Waals surface area contributed by atoms with Gasteiger partial charge in [-0.25, -0.2) is 4.98 Å². The molecule has 1 aromatic heterocycles. The zero-order valence-electron chi connectivity index (χ0n) is 16.3. The highest BCUT2D eigenvalue weighted by molar-refractivity contribution is 7.21. The lowest BCUT2D eigenvalue weighted by atomic mass is 10.1. The minimum Gasteiger partial charge on any atom is -0.491 e. The predicted octanol–water partition coefficient (Wildman–Crippen LogP) is 7.31. The minimum atomic E-state index is -0.288. The third-order valence-electron chi connectivity index (χ3n) is 4.30. The average Bonchev–Trinajstić information content (AvgIpc) is 3.13. The highest BCUT2D eigenvalue weighted by Crippen LogP contribution is 2.39. The molecule has 0 aliphatic carbocycles. The summed E-state index contributed by atoms with van der Waals surface area (Å²) in [5, 5.41) is 4.47. The molecule has 30 heavy (non-hydrogen) atoms. The molecule has 152 valence electrons. The minimum absolute atomic E-state index is 0.0189. The van der Waals surface area contributed by atoms with Crippen molar-refractivity contribution in [3.63, 3.8) is 0 Å². The SMILES string of the molecule is CC(C)Oc1cccc(C(=O)Nc2cc(-c3nc4ccccc4s3)c(Cl)cc2Cl)c1. The van der Waals surface area contributed by atoms with Crippen molar-refractivity contribution in [1.29, 1.82) is 0 Å². The Hall–Kier alpha value is -2.60. The third kappa shape index (κ3) is 4.43. The Morgan fingerprint density at radius 2 is 1.83 bits per heavy atom. The van der Waals surface area contributed by atoms with Gasteiger partial charge in [0, 0.05) is 11.1 Å². The number of nitrogens with zero attached hydrogens (tertiary/aromatic N) is 1. The topological polar surface area (TPSA) is 51.2 Å². The van der Waals surface area contributed by atoms with Gasteiger partial charge in [0.15, 0.2) is 0 Å². The molecule has 0 radical (unpaired) electrons. The van der Waals surface area contributed by atoms with Crippen molar-refractivity contribution in [2.24, 2.45) is 0 Å². The molecule has 4 nitrogen and oxygen atoms in total. The molecule has 1 heterocycles. The molecule has 0 saturated heterocycles. The van der Waals surface area contributed by atoms with Gasteiger partial charge in [-0.15, -0.1) is 11.3 Å². The van der Waals surface area contributed by atoms with Crippen molar-refractivity contribution in [3.05, 3.63) is 76.3 Å². The smallest absolute Gasteiger partial charge is 0.255 e. The van der Waals surface area contributed by atoms with Gasteiger partial charge in [0.1, 0.15) is 10.8 Å². The van der Waals surface area contributed by atoms with Crippen LogP contribution >= 0.6 is 34.5 Å². The maximum atomic E-state index is 12.8. The zero-order valence-corrected chi connectivity index (χ0v) is 18.6. The van der Waals surface area contributed by atoms with Crippen molar-refractivity contribution < 1.29 is 9.53 Å². The van der Waals surface area contributed by atoms with Gasteiger partial charge in [0.25, 0.3) is 5.91 Å². The molecule has 3 aromatic carbocycles. The van der Waals surface area contributed by atoms with Crippen molar-refractivity contribution in [2.45, 2.75) is 20.0 Å². The molecule has 0 aliphatic heterocycles. The average molecular weight is 457 g/mol. The fourth-order valence-electron chi connectivity index (χ4n) is 2.97. The second-order valence-corrected chi connectivity index (χ2v) is 8.79. The molecule has 0 aliphatic rings. The van der Waals surface area contributed by atoms with E-state index in [2.05, 4.69) is 10.3 Å². The maximum absolute atomic E-state index is 12.8. The number of para-hydroxylation sites is 1. The largest absolute Gasteiger partial charge is 0.491 e. The standard InChI is InChI=1S/C23H18Cl2N2O2S/c1-13(2)29-15-7-5-6-14(10-15)22(28)26-20-11-16(17(24)12-18(20)25)23-27-19-8-3-4-9-21(19)30-23/h3-13H,1-2H3,(H,26,28). The summed E-state index contributed by atoms with van der Waals surface area (Å²) >= 11 is 14.3. The number of halogens is 2. The predicted molar refractivity (Wildman–Crippen MR) is 125 cm³/mol. The van der Waals surface area contributed by atoms with Crippen LogP contribution in [0.2, 0.25) is 10.0 Å². The summed E-state index contributed by atoms with van der Waals surface area (Å²) in [5.41, 5.74) is 2.56. The van der Waals surface area contributed by atoms with E-state index in [4.69, 9.17) is 27.9 Å². The van der Waals surface area contributed by atoms with E-state index in [1.165, 1.54) is 11.3 Å². The number of carbonyl (C=O) groups excluding carboxylic acids is 1. The number of fused-ring (bicyclic) bond motifs is 1. The quantitative estimate of drug-likeness (QED) is 0.342. The van der Waals surface area contributed by atoms with E-state index >= 15 is 0 Å². The molecule has 0 bridgehead atoms. The number of rotatable bonds is 5. The molecule has 1 N–H and O–H groups in total. The monoisotopic (exact) mass is 456 g/mol. The number of ether oxygens (including phenoxy) is 1.